The number of halogens is 1. The fourth-order valence-corrected chi connectivity index (χ4v) is 2.58. The van der Waals surface area contributed by atoms with E-state index in [4.69, 9.17) is 0 Å². The second-order valence-corrected chi connectivity index (χ2v) is 6.72. The van der Waals surface area contributed by atoms with Gasteiger partial charge in [-0.2, -0.15) is 0 Å². The third-order valence-corrected chi connectivity index (χ3v) is 3.55. The van der Waals surface area contributed by atoms with Crippen molar-refractivity contribution in [3.63, 3.8) is 0 Å². The van der Waals surface area contributed by atoms with E-state index in [1.54, 1.807) is 17.8 Å². The Bertz CT molecular complexity index is 357. The quantitative estimate of drug-likeness (QED) is 0.803. The van der Waals surface area contributed by atoms with E-state index in [0.29, 0.717) is 0 Å². The highest BCUT2D eigenvalue weighted by Crippen LogP contribution is 2.37. The fourth-order valence-electron chi connectivity index (χ4n) is 1.44. The van der Waals surface area contributed by atoms with Gasteiger partial charge in [-0.1, -0.05) is 32.9 Å². The molecule has 0 bridgehead atoms. The minimum Gasteiger partial charge on any atom is -0.313 e. The molecule has 0 saturated heterocycles. The molecule has 1 aromatic carbocycles. The first-order valence-electron chi connectivity index (χ1n) is 5.50. The summed E-state index contributed by atoms with van der Waals surface area (Å²) >= 11 is 1.58. The van der Waals surface area contributed by atoms with Crippen molar-refractivity contribution >= 4 is 11.8 Å². The van der Waals surface area contributed by atoms with Gasteiger partial charge in [-0.25, -0.2) is 4.39 Å². The Hall–Kier alpha value is -0.540. The number of benzene rings is 1. The van der Waals surface area contributed by atoms with E-state index < -0.39 is 0 Å². The number of rotatable bonds is 3. The average Bonchev–Trinajstić information content (AvgIpc) is 2.18. The van der Waals surface area contributed by atoms with Gasteiger partial charge in [0.05, 0.1) is 0 Å². The predicted molar refractivity (Wildman–Crippen MR) is 69.5 cm³/mol. The van der Waals surface area contributed by atoms with Crippen molar-refractivity contribution in [1.82, 2.24) is 5.32 Å². The molecule has 1 N–H and O–H groups in total. The molecule has 0 saturated carbocycles. The largest absolute Gasteiger partial charge is 0.313 e. The van der Waals surface area contributed by atoms with Crippen LogP contribution in [0, 0.1) is 5.82 Å². The molecule has 16 heavy (non-hydrogen) atoms. The Labute approximate surface area is 102 Å². The second-order valence-electron chi connectivity index (χ2n) is 4.88. The highest BCUT2D eigenvalue weighted by atomic mass is 32.2. The molecule has 1 atom stereocenters. The van der Waals surface area contributed by atoms with Gasteiger partial charge in [0.15, 0.2) is 0 Å². The Morgan fingerprint density at radius 2 is 1.94 bits per heavy atom. The van der Waals surface area contributed by atoms with Crippen LogP contribution in [0.3, 0.4) is 0 Å². The average molecular weight is 241 g/mol. The molecule has 0 spiro atoms. The molecule has 1 rings (SSSR count). The number of hydrogen-bond donors (Lipinski definition) is 1. The van der Waals surface area contributed by atoms with Crippen molar-refractivity contribution in [2.75, 3.05) is 7.05 Å². The van der Waals surface area contributed by atoms with Crippen LogP contribution in [0.1, 0.15) is 39.3 Å². The van der Waals surface area contributed by atoms with E-state index in [0.717, 1.165) is 10.5 Å². The summed E-state index contributed by atoms with van der Waals surface area (Å²) in [6, 6.07) is 5.45. The molecule has 90 valence electrons. The van der Waals surface area contributed by atoms with Gasteiger partial charge in [0.2, 0.25) is 0 Å². The first-order chi connectivity index (χ1) is 7.35. The molecule has 0 aliphatic carbocycles. The Kier molecular flexibility index (Phi) is 4.39. The molecule has 1 unspecified atom stereocenters. The van der Waals surface area contributed by atoms with Crippen molar-refractivity contribution in [1.29, 1.82) is 0 Å². The van der Waals surface area contributed by atoms with Gasteiger partial charge in [0.25, 0.3) is 0 Å². The zero-order chi connectivity index (χ0) is 12.3. The van der Waals surface area contributed by atoms with Crippen molar-refractivity contribution in [2.45, 2.75) is 43.4 Å². The van der Waals surface area contributed by atoms with Gasteiger partial charge < -0.3 is 5.32 Å². The smallest absolute Gasteiger partial charge is 0.137 e. The first kappa shape index (κ1) is 13.5. The maximum atomic E-state index is 13.8. The highest BCUT2D eigenvalue weighted by Gasteiger charge is 2.20. The monoisotopic (exact) mass is 241 g/mol. The molecular formula is C13H20FNS. The third-order valence-electron chi connectivity index (χ3n) is 2.31. The maximum Gasteiger partial charge on any atom is 0.137 e. The van der Waals surface area contributed by atoms with Crippen LogP contribution in [-0.2, 0) is 0 Å². The van der Waals surface area contributed by atoms with Crippen LogP contribution in [-0.4, -0.2) is 11.8 Å². The van der Waals surface area contributed by atoms with Crippen LogP contribution < -0.4 is 5.32 Å². The van der Waals surface area contributed by atoms with Gasteiger partial charge in [0.1, 0.15) is 5.82 Å². The molecule has 0 aromatic heterocycles. The standard InChI is InChI=1S/C13H20FNS/c1-9(15-5)10-7-6-8-11(14)12(10)16-13(2,3)4/h6-9,15H,1-5H3. The van der Waals surface area contributed by atoms with Gasteiger partial charge in [-0.3, -0.25) is 0 Å². The molecule has 0 radical (unpaired) electrons. The van der Waals surface area contributed by atoms with Crippen LogP contribution in [0.15, 0.2) is 23.1 Å². The fraction of sp³-hybridized carbons (Fsp3) is 0.538. The molecule has 3 heteroatoms. The number of nitrogens with one attached hydrogen (secondary N) is 1. The van der Waals surface area contributed by atoms with Gasteiger partial charge in [0, 0.05) is 15.7 Å². The van der Waals surface area contributed by atoms with Crippen LogP contribution >= 0.6 is 11.8 Å². The molecule has 0 heterocycles. The lowest BCUT2D eigenvalue weighted by molar-refractivity contribution is 0.574. The summed E-state index contributed by atoms with van der Waals surface area (Å²) in [5.74, 6) is -0.125. The zero-order valence-electron chi connectivity index (χ0n) is 10.6. The minimum atomic E-state index is -0.125. The van der Waals surface area contributed by atoms with Gasteiger partial charge in [-0.05, 0) is 25.6 Å². The van der Waals surface area contributed by atoms with E-state index in [9.17, 15) is 4.39 Å². The van der Waals surface area contributed by atoms with E-state index in [1.165, 1.54) is 6.07 Å². The van der Waals surface area contributed by atoms with Crippen molar-refractivity contribution < 1.29 is 4.39 Å². The van der Waals surface area contributed by atoms with Crippen LogP contribution in [0.5, 0.6) is 0 Å². The van der Waals surface area contributed by atoms with Gasteiger partial charge in [-0.15, -0.1) is 11.8 Å². The lowest BCUT2D eigenvalue weighted by Crippen LogP contribution is -2.15. The van der Waals surface area contributed by atoms with Crippen LogP contribution in [0.25, 0.3) is 0 Å². The Morgan fingerprint density at radius 3 is 2.44 bits per heavy atom. The predicted octanol–water partition coefficient (Wildman–Crippen LogP) is 4.00. The summed E-state index contributed by atoms with van der Waals surface area (Å²) in [5.41, 5.74) is 1.03. The second kappa shape index (κ2) is 5.19. The normalized spacial score (nSPS) is 13.9. The van der Waals surface area contributed by atoms with Crippen LogP contribution in [0.2, 0.25) is 0 Å². The summed E-state index contributed by atoms with van der Waals surface area (Å²) in [7, 11) is 1.89. The lowest BCUT2D eigenvalue weighted by atomic mass is 10.1. The number of hydrogen-bond acceptors (Lipinski definition) is 2. The molecule has 0 aliphatic heterocycles. The van der Waals surface area contributed by atoms with E-state index in [2.05, 4.69) is 26.1 Å². The first-order valence-corrected chi connectivity index (χ1v) is 6.31. The SMILES string of the molecule is CNC(C)c1cccc(F)c1SC(C)(C)C. The minimum absolute atomic E-state index is 0.0183. The zero-order valence-corrected chi connectivity index (χ0v) is 11.4. The van der Waals surface area contributed by atoms with E-state index in [-0.39, 0.29) is 16.6 Å². The molecule has 0 amide bonds. The van der Waals surface area contributed by atoms with E-state index >= 15 is 0 Å². The molecule has 1 nitrogen and oxygen atoms in total. The van der Waals surface area contributed by atoms with Gasteiger partial charge >= 0.3 is 0 Å². The summed E-state index contributed by atoms with van der Waals surface area (Å²) in [6.45, 7) is 8.33. The topological polar surface area (TPSA) is 12.0 Å². The van der Waals surface area contributed by atoms with Crippen LogP contribution in [0.4, 0.5) is 4.39 Å². The summed E-state index contributed by atoms with van der Waals surface area (Å²) in [4.78, 5) is 0.761. The highest BCUT2D eigenvalue weighted by molar-refractivity contribution is 8.00. The summed E-state index contributed by atoms with van der Waals surface area (Å²) < 4.78 is 13.8. The lowest BCUT2D eigenvalue weighted by Gasteiger charge is -2.22. The molecular weight excluding hydrogens is 221 g/mol. The Morgan fingerprint density at radius 1 is 1.31 bits per heavy atom. The molecule has 0 aliphatic rings. The Balaban J connectivity index is 3.13. The molecule has 1 aromatic rings. The van der Waals surface area contributed by atoms with E-state index in [1.807, 2.05) is 20.0 Å². The summed E-state index contributed by atoms with van der Waals surface area (Å²) in [5, 5.41) is 3.15. The van der Waals surface area contributed by atoms with Crippen molar-refractivity contribution in [3.8, 4) is 0 Å². The van der Waals surface area contributed by atoms with Crippen molar-refractivity contribution in [2.24, 2.45) is 0 Å². The third kappa shape index (κ3) is 3.49. The molecule has 0 fully saturated rings. The maximum absolute atomic E-state index is 13.8. The number of thioether (sulfide) groups is 1. The van der Waals surface area contributed by atoms with Crippen molar-refractivity contribution in [3.05, 3.63) is 29.6 Å². The summed E-state index contributed by atoms with van der Waals surface area (Å²) in [6.07, 6.45) is 0.